The van der Waals surface area contributed by atoms with Crippen molar-refractivity contribution in [3.05, 3.63) is 59.7 Å². The Hall–Kier alpha value is -3.35. The first-order valence-electron chi connectivity index (χ1n) is 9.67. The lowest BCUT2D eigenvalue weighted by atomic mass is 10.1. The van der Waals surface area contributed by atoms with Gasteiger partial charge in [0.05, 0.1) is 18.2 Å². The third kappa shape index (κ3) is 3.81. The second-order valence-electron chi connectivity index (χ2n) is 7.34. The van der Waals surface area contributed by atoms with Crippen LogP contribution in [0.3, 0.4) is 0 Å². The van der Waals surface area contributed by atoms with E-state index in [4.69, 9.17) is 4.74 Å². The lowest BCUT2D eigenvalue weighted by Crippen LogP contribution is -2.42. The maximum atomic E-state index is 12.4. The summed E-state index contributed by atoms with van der Waals surface area (Å²) >= 11 is 0. The number of benzene rings is 2. The van der Waals surface area contributed by atoms with Gasteiger partial charge in [0, 0.05) is 25.3 Å². The Morgan fingerprint density at radius 3 is 2.34 bits per heavy atom. The molecule has 1 fully saturated rings. The number of carbonyl (C=O) groups excluding carboxylic acids is 3. The third-order valence-corrected chi connectivity index (χ3v) is 5.49. The molecule has 1 N–H and O–H groups in total. The summed E-state index contributed by atoms with van der Waals surface area (Å²) in [5.74, 6) is 0.00939. The van der Waals surface area contributed by atoms with Crippen LogP contribution >= 0.6 is 0 Å². The Morgan fingerprint density at radius 1 is 1.07 bits per heavy atom. The van der Waals surface area contributed by atoms with Crippen molar-refractivity contribution in [2.75, 3.05) is 38.2 Å². The highest BCUT2D eigenvalue weighted by molar-refractivity contribution is 6.22. The summed E-state index contributed by atoms with van der Waals surface area (Å²) in [4.78, 5) is 40.3. The van der Waals surface area contributed by atoms with Crippen molar-refractivity contribution in [2.45, 2.75) is 6.42 Å². The van der Waals surface area contributed by atoms with Gasteiger partial charge in [0.25, 0.3) is 11.8 Å². The second kappa shape index (κ2) is 7.95. The molecular weight excluding hydrogens is 370 g/mol. The van der Waals surface area contributed by atoms with Crippen LogP contribution in [0.15, 0.2) is 48.5 Å². The fourth-order valence-electron chi connectivity index (χ4n) is 3.87. The molecule has 0 aliphatic carbocycles. The van der Waals surface area contributed by atoms with Crippen molar-refractivity contribution in [1.82, 2.24) is 10.2 Å². The molecule has 1 saturated heterocycles. The molecule has 0 radical (unpaired) electrons. The normalized spacial score (nSPS) is 18.2. The number of amides is 3. The number of hydrogen-bond donors (Lipinski definition) is 1. The number of carbonyl (C=O) groups is 3. The number of anilines is 1. The van der Waals surface area contributed by atoms with E-state index in [0.29, 0.717) is 23.6 Å². The predicted molar refractivity (Wildman–Crippen MR) is 108 cm³/mol. The van der Waals surface area contributed by atoms with Crippen LogP contribution in [0.4, 0.5) is 5.69 Å². The van der Waals surface area contributed by atoms with Gasteiger partial charge in [-0.25, -0.2) is 0 Å². The van der Waals surface area contributed by atoms with E-state index in [1.807, 2.05) is 24.3 Å². The van der Waals surface area contributed by atoms with Crippen molar-refractivity contribution in [2.24, 2.45) is 5.92 Å². The summed E-state index contributed by atoms with van der Waals surface area (Å²) in [6.45, 7) is 2.04. The smallest absolute Gasteiger partial charge is 0.262 e. The first-order valence-corrected chi connectivity index (χ1v) is 9.67. The number of methoxy groups -OCH3 is 1. The minimum atomic E-state index is -0.410. The number of rotatable bonds is 6. The van der Waals surface area contributed by atoms with Gasteiger partial charge < -0.3 is 15.0 Å². The van der Waals surface area contributed by atoms with Crippen LogP contribution in [0.1, 0.15) is 27.1 Å². The molecule has 7 nitrogen and oxygen atoms in total. The van der Waals surface area contributed by atoms with Gasteiger partial charge >= 0.3 is 0 Å². The predicted octanol–water partition coefficient (Wildman–Crippen LogP) is 1.93. The van der Waals surface area contributed by atoms with E-state index in [-0.39, 0.29) is 12.5 Å². The molecule has 0 spiro atoms. The number of fused-ring (bicyclic) bond motifs is 1. The average molecular weight is 393 g/mol. The van der Waals surface area contributed by atoms with Gasteiger partial charge in [0.15, 0.2) is 0 Å². The van der Waals surface area contributed by atoms with Crippen molar-refractivity contribution in [1.29, 1.82) is 0 Å². The summed E-state index contributed by atoms with van der Waals surface area (Å²) in [5.41, 5.74) is 1.85. The van der Waals surface area contributed by atoms with E-state index in [0.717, 1.165) is 35.8 Å². The molecule has 1 unspecified atom stereocenters. The summed E-state index contributed by atoms with van der Waals surface area (Å²) in [6, 6.07) is 14.6. The summed E-state index contributed by atoms with van der Waals surface area (Å²) in [5, 5.41) is 2.88. The van der Waals surface area contributed by atoms with Crippen LogP contribution in [0.5, 0.6) is 5.75 Å². The van der Waals surface area contributed by atoms with E-state index in [2.05, 4.69) is 10.2 Å². The van der Waals surface area contributed by atoms with Crippen molar-refractivity contribution < 1.29 is 19.1 Å². The number of hydrogen-bond acceptors (Lipinski definition) is 5. The van der Waals surface area contributed by atoms with Crippen LogP contribution in [0.25, 0.3) is 0 Å². The second-order valence-corrected chi connectivity index (χ2v) is 7.34. The van der Waals surface area contributed by atoms with Crippen LogP contribution in [0.2, 0.25) is 0 Å². The molecule has 7 heteroatoms. The standard InChI is InChI=1S/C22H23N3O4/c1-29-17-8-6-16(7-9-17)24-11-10-15(13-24)12-23-20(26)14-25-21(27)18-4-2-3-5-19(18)22(25)28/h2-9,15H,10-14H2,1H3,(H,23,26). The molecule has 0 bridgehead atoms. The first-order chi connectivity index (χ1) is 14.1. The molecule has 2 aromatic carbocycles. The molecule has 4 rings (SSSR count). The molecule has 2 aliphatic heterocycles. The molecule has 1 atom stereocenters. The van der Waals surface area contributed by atoms with Gasteiger partial charge in [-0.05, 0) is 48.7 Å². The van der Waals surface area contributed by atoms with Gasteiger partial charge in [-0.1, -0.05) is 12.1 Å². The molecular formula is C22H23N3O4. The molecule has 2 heterocycles. The Balaban J connectivity index is 1.27. The number of imide groups is 1. The van der Waals surface area contributed by atoms with Gasteiger partial charge in [0.1, 0.15) is 12.3 Å². The minimum absolute atomic E-state index is 0.249. The first kappa shape index (κ1) is 19.0. The molecule has 2 aromatic rings. The zero-order valence-corrected chi connectivity index (χ0v) is 16.3. The highest BCUT2D eigenvalue weighted by Gasteiger charge is 2.36. The van der Waals surface area contributed by atoms with Gasteiger partial charge in [-0.2, -0.15) is 0 Å². The van der Waals surface area contributed by atoms with Gasteiger partial charge in [0.2, 0.25) is 5.91 Å². The fourth-order valence-corrected chi connectivity index (χ4v) is 3.87. The minimum Gasteiger partial charge on any atom is -0.497 e. The summed E-state index contributed by atoms with van der Waals surface area (Å²) < 4.78 is 5.19. The quantitative estimate of drug-likeness (QED) is 0.759. The highest BCUT2D eigenvalue weighted by atomic mass is 16.5. The lowest BCUT2D eigenvalue weighted by molar-refractivity contribution is -0.121. The van der Waals surface area contributed by atoms with Gasteiger partial charge in [-0.15, -0.1) is 0 Å². The average Bonchev–Trinajstić information content (AvgIpc) is 3.32. The van der Waals surface area contributed by atoms with Crippen LogP contribution in [-0.2, 0) is 4.79 Å². The maximum Gasteiger partial charge on any atom is 0.262 e. The zero-order valence-electron chi connectivity index (χ0n) is 16.3. The van der Waals surface area contributed by atoms with E-state index < -0.39 is 11.8 Å². The van der Waals surface area contributed by atoms with Gasteiger partial charge in [-0.3, -0.25) is 19.3 Å². The fraction of sp³-hybridized carbons (Fsp3) is 0.318. The van der Waals surface area contributed by atoms with Crippen LogP contribution in [0, 0.1) is 5.92 Å². The Bertz CT molecular complexity index is 906. The van der Waals surface area contributed by atoms with Crippen LogP contribution < -0.4 is 15.0 Å². The van der Waals surface area contributed by atoms with E-state index in [1.165, 1.54) is 0 Å². The number of nitrogens with one attached hydrogen (secondary N) is 1. The monoisotopic (exact) mass is 393 g/mol. The largest absolute Gasteiger partial charge is 0.497 e. The number of nitrogens with zero attached hydrogens (tertiary/aromatic N) is 2. The lowest BCUT2D eigenvalue weighted by Gasteiger charge is -2.19. The zero-order chi connectivity index (χ0) is 20.4. The SMILES string of the molecule is COc1ccc(N2CCC(CNC(=O)CN3C(=O)c4ccccc4C3=O)C2)cc1. The molecule has 29 heavy (non-hydrogen) atoms. The summed E-state index contributed by atoms with van der Waals surface area (Å²) in [6.07, 6.45) is 0.972. The number of ether oxygens (including phenoxy) is 1. The maximum absolute atomic E-state index is 12.4. The van der Waals surface area contributed by atoms with Crippen LogP contribution in [-0.4, -0.2) is 55.9 Å². The summed E-state index contributed by atoms with van der Waals surface area (Å²) in [7, 11) is 1.64. The van der Waals surface area contributed by atoms with Crippen molar-refractivity contribution >= 4 is 23.4 Å². The Morgan fingerprint density at radius 2 is 1.72 bits per heavy atom. The van der Waals surface area contributed by atoms with E-state index in [1.54, 1.807) is 31.4 Å². The highest BCUT2D eigenvalue weighted by Crippen LogP contribution is 2.25. The molecule has 0 saturated carbocycles. The van der Waals surface area contributed by atoms with Crippen molar-refractivity contribution in [3.63, 3.8) is 0 Å². The molecule has 0 aromatic heterocycles. The third-order valence-electron chi connectivity index (χ3n) is 5.49. The Kier molecular flexibility index (Phi) is 5.20. The van der Waals surface area contributed by atoms with Crippen molar-refractivity contribution in [3.8, 4) is 5.75 Å². The molecule has 3 amide bonds. The Labute approximate surface area is 169 Å². The molecule has 150 valence electrons. The van der Waals surface area contributed by atoms with E-state index in [9.17, 15) is 14.4 Å². The molecule has 2 aliphatic rings. The topological polar surface area (TPSA) is 79.0 Å². The van der Waals surface area contributed by atoms with E-state index >= 15 is 0 Å².